The van der Waals surface area contributed by atoms with Crippen LogP contribution in [0.15, 0.2) is 78.6 Å². The van der Waals surface area contributed by atoms with E-state index in [1.165, 1.54) is 4.90 Å². The lowest BCUT2D eigenvalue weighted by molar-refractivity contribution is -0.122. The molecular formula is C21H14ClN3O2S. The summed E-state index contributed by atoms with van der Waals surface area (Å²) in [4.78, 5) is 26.7. The zero-order chi connectivity index (χ0) is 19.7. The molecule has 0 atom stereocenters. The molecule has 0 aliphatic carbocycles. The Balaban J connectivity index is 1.71. The molecule has 1 fully saturated rings. The summed E-state index contributed by atoms with van der Waals surface area (Å²) in [5.41, 5.74) is 2.20. The number of nitrogens with zero attached hydrogens (tertiary/aromatic N) is 2. The van der Waals surface area contributed by atoms with Crippen molar-refractivity contribution in [1.29, 1.82) is 0 Å². The van der Waals surface area contributed by atoms with Crippen molar-refractivity contribution in [3.05, 3.63) is 89.2 Å². The van der Waals surface area contributed by atoms with E-state index in [9.17, 15) is 9.59 Å². The maximum absolute atomic E-state index is 13.0. The molecule has 2 aromatic carbocycles. The average Bonchev–Trinajstić information content (AvgIpc) is 3.22. The van der Waals surface area contributed by atoms with Gasteiger partial charge in [0.05, 0.1) is 5.69 Å². The molecule has 4 rings (SSSR count). The Morgan fingerprint density at radius 3 is 2.36 bits per heavy atom. The molecule has 2 amide bonds. The quantitative estimate of drug-likeness (QED) is 0.406. The van der Waals surface area contributed by atoms with E-state index in [0.29, 0.717) is 10.7 Å². The van der Waals surface area contributed by atoms with Crippen LogP contribution in [0.5, 0.6) is 0 Å². The Kier molecular flexibility index (Phi) is 4.81. The number of carbonyl (C=O) groups is 2. The van der Waals surface area contributed by atoms with Crippen LogP contribution in [-0.4, -0.2) is 21.5 Å². The molecule has 1 saturated heterocycles. The maximum atomic E-state index is 13.0. The highest BCUT2D eigenvalue weighted by molar-refractivity contribution is 7.80. The van der Waals surface area contributed by atoms with Gasteiger partial charge in [0.15, 0.2) is 5.11 Å². The number of halogens is 1. The number of benzene rings is 2. The van der Waals surface area contributed by atoms with Gasteiger partial charge in [-0.05, 0) is 72.4 Å². The molecule has 1 N–H and O–H groups in total. The van der Waals surface area contributed by atoms with E-state index in [1.54, 1.807) is 30.3 Å². The van der Waals surface area contributed by atoms with Crippen molar-refractivity contribution in [1.82, 2.24) is 9.88 Å². The van der Waals surface area contributed by atoms with Crippen molar-refractivity contribution in [3.8, 4) is 5.69 Å². The van der Waals surface area contributed by atoms with Gasteiger partial charge in [-0.3, -0.25) is 19.8 Å². The first-order valence-electron chi connectivity index (χ1n) is 8.43. The number of nitrogens with one attached hydrogen (secondary N) is 1. The third-order valence-corrected chi connectivity index (χ3v) is 4.81. The zero-order valence-corrected chi connectivity index (χ0v) is 16.1. The second kappa shape index (κ2) is 7.42. The van der Waals surface area contributed by atoms with Crippen molar-refractivity contribution < 1.29 is 9.59 Å². The largest absolute Gasteiger partial charge is 0.324 e. The SMILES string of the molecule is O=C1NC(=S)N(c2ccc(Cl)cc2)C(=O)/C1=C/c1cccc(-n2cccc2)c1. The molecule has 138 valence electrons. The second-order valence-electron chi connectivity index (χ2n) is 6.12. The summed E-state index contributed by atoms with van der Waals surface area (Å²) in [7, 11) is 0. The molecule has 7 heteroatoms. The van der Waals surface area contributed by atoms with Crippen molar-refractivity contribution in [2.45, 2.75) is 0 Å². The minimum absolute atomic E-state index is 0.00760. The van der Waals surface area contributed by atoms with Crippen LogP contribution >= 0.6 is 23.8 Å². The summed E-state index contributed by atoms with van der Waals surface area (Å²) in [5, 5.41) is 3.16. The number of anilines is 1. The first-order valence-corrected chi connectivity index (χ1v) is 9.22. The third-order valence-electron chi connectivity index (χ3n) is 4.27. The molecule has 1 aliphatic rings. The normalized spacial score (nSPS) is 15.8. The molecule has 1 aromatic heterocycles. The summed E-state index contributed by atoms with van der Waals surface area (Å²) < 4.78 is 1.94. The van der Waals surface area contributed by atoms with Crippen LogP contribution in [0.1, 0.15) is 5.56 Å². The summed E-state index contributed by atoms with van der Waals surface area (Å²) in [6.45, 7) is 0. The molecule has 2 heterocycles. The molecular weight excluding hydrogens is 394 g/mol. The van der Waals surface area contributed by atoms with Crippen molar-refractivity contribution in [2.75, 3.05) is 4.90 Å². The molecule has 5 nitrogen and oxygen atoms in total. The van der Waals surface area contributed by atoms with Crippen LogP contribution in [0.25, 0.3) is 11.8 Å². The standard InChI is InChI=1S/C21H14ClN3O2S/c22-15-6-8-16(9-7-15)25-20(27)18(19(26)23-21(25)28)13-14-4-3-5-17(12-14)24-10-1-2-11-24/h1-13H,(H,23,26,28)/b18-13+. The first kappa shape index (κ1) is 18.2. The summed E-state index contributed by atoms with van der Waals surface area (Å²) >= 11 is 11.1. The number of amides is 2. The topological polar surface area (TPSA) is 54.3 Å². The Hall–Kier alpha value is -3.22. The maximum Gasteiger partial charge on any atom is 0.270 e. The molecule has 0 spiro atoms. The lowest BCUT2D eigenvalue weighted by Gasteiger charge is -2.29. The predicted molar refractivity (Wildman–Crippen MR) is 113 cm³/mol. The van der Waals surface area contributed by atoms with Crippen molar-refractivity contribution >= 4 is 52.5 Å². The van der Waals surface area contributed by atoms with Crippen LogP contribution in [0, 0.1) is 0 Å². The molecule has 0 saturated carbocycles. The zero-order valence-electron chi connectivity index (χ0n) is 14.5. The predicted octanol–water partition coefficient (Wildman–Crippen LogP) is 3.96. The Morgan fingerprint density at radius 1 is 0.929 bits per heavy atom. The van der Waals surface area contributed by atoms with E-state index in [2.05, 4.69) is 5.32 Å². The van der Waals surface area contributed by atoms with Crippen LogP contribution < -0.4 is 10.2 Å². The number of thiocarbonyl (C=S) groups is 1. The summed E-state index contributed by atoms with van der Waals surface area (Å²) in [6.07, 6.45) is 5.41. The highest BCUT2D eigenvalue weighted by Crippen LogP contribution is 2.24. The first-order chi connectivity index (χ1) is 13.5. The average molecular weight is 408 g/mol. The van der Waals surface area contributed by atoms with Gasteiger partial charge in [0.1, 0.15) is 5.57 Å². The fraction of sp³-hybridized carbons (Fsp3) is 0. The van der Waals surface area contributed by atoms with E-state index in [1.807, 2.05) is 53.4 Å². The van der Waals surface area contributed by atoms with Gasteiger partial charge >= 0.3 is 0 Å². The minimum atomic E-state index is -0.522. The van der Waals surface area contributed by atoms with Crippen molar-refractivity contribution in [3.63, 3.8) is 0 Å². The fourth-order valence-corrected chi connectivity index (χ4v) is 3.34. The molecule has 28 heavy (non-hydrogen) atoms. The van der Waals surface area contributed by atoms with Gasteiger partial charge in [0.25, 0.3) is 11.8 Å². The highest BCUT2D eigenvalue weighted by Gasteiger charge is 2.34. The molecule has 1 aliphatic heterocycles. The summed E-state index contributed by atoms with van der Waals surface area (Å²) in [5.74, 6) is -1.01. The number of hydrogen-bond donors (Lipinski definition) is 1. The van der Waals surface area contributed by atoms with E-state index in [0.717, 1.165) is 11.3 Å². The van der Waals surface area contributed by atoms with Crippen LogP contribution in [0.4, 0.5) is 5.69 Å². The van der Waals surface area contributed by atoms with Crippen molar-refractivity contribution in [2.24, 2.45) is 0 Å². The van der Waals surface area contributed by atoms with E-state index in [4.69, 9.17) is 23.8 Å². The molecule has 0 unspecified atom stereocenters. The van der Waals surface area contributed by atoms with E-state index < -0.39 is 11.8 Å². The van der Waals surface area contributed by atoms with Gasteiger partial charge in [-0.1, -0.05) is 23.7 Å². The van der Waals surface area contributed by atoms with Gasteiger partial charge in [0.2, 0.25) is 0 Å². The smallest absolute Gasteiger partial charge is 0.270 e. The molecule has 0 bridgehead atoms. The lowest BCUT2D eigenvalue weighted by Crippen LogP contribution is -2.54. The lowest BCUT2D eigenvalue weighted by atomic mass is 10.1. The van der Waals surface area contributed by atoms with Crippen LogP contribution in [-0.2, 0) is 9.59 Å². The number of aromatic nitrogens is 1. The molecule has 3 aromatic rings. The van der Waals surface area contributed by atoms with Gasteiger partial charge in [0, 0.05) is 23.1 Å². The Bertz CT molecular complexity index is 1100. The molecule has 0 radical (unpaired) electrons. The van der Waals surface area contributed by atoms with E-state index in [-0.39, 0.29) is 10.7 Å². The number of rotatable bonds is 3. The van der Waals surface area contributed by atoms with Crippen LogP contribution in [0.2, 0.25) is 5.02 Å². The van der Waals surface area contributed by atoms with Gasteiger partial charge in [-0.15, -0.1) is 0 Å². The van der Waals surface area contributed by atoms with Crippen LogP contribution in [0.3, 0.4) is 0 Å². The number of carbonyl (C=O) groups excluding carboxylic acids is 2. The third kappa shape index (κ3) is 3.47. The van der Waals surface area contributed by atoms with Gasteiger partial charge in [-0.25, -0.2) is 0 Å². The minimum Gasteiger partial charge on any atom is -0.324 e. The van der Waals surface area contributed by atoms with Gasteiger partial charge < -0.3 is 4.57 Å². The number of hydrogen-bond acceptors (Lipinski definition) is 3. The van der Waals surface area contributed by atoms with E-state index >= 15 is 0 Å². The summed E-state index contributed by atoms with van der Waals surface area (Å²) in [6, 6.07) is 18.1. The fourth-order valence-electron chi connectivity index (χ4n) is 2.93. The van der Waals surface area contributed by atoms with Gasteiger partial charge in [-0.2, -0.15) is 0 Å². The second-order valence-corrected chi connectivity index (χ2v) is 6.94. The highest BCUT2D eigenvalue weighted by atomic mass is 35.5. The Labute approximate surface area is 171 Å². The monoisotopic (exact) mass is 407 g/mol. The Morgan fingerprint density at radius 2 is 1.64 bits per heavy atom.